The lowest BCUT2D eigenvalue weighted by Crippen LogP contribution is -2.10. The molecule has 0 bridgehead atoms. The Morgan fingerprint density at radius 1 is 1.25 bits per heavy atom. The average molecular weight is 329 g/mol. The molecule has 1 aromatic carbocycles. The first-order chi connectivity index (χ1) is 11.7. The van der Waals surface area contributed by atoms with E-state index in [9.17, 15) is 4.79 Å². The lowest BCUT2D eigenvalue weighted by Gasteiger charge is -2.08. The summed E-state index contributed by atoms with van der Waals surface area (Å²) >= 11 is 0. The molecule has 3 rings (SSSR count). The number of rotatable bonds is 5. The van der Waals surface area contributed by atoms with Crippen LogP contribution in [0.15, 0.2) is 30.5 Å². The number of amides is 1. The minimum absolute atomic E-state index is 0.153. The van der Waals surface area contributed by atoms with Crippen LogP contribution in [0.25, 0.3) is 6.08 Å². The number of benzene rings is 1. The summed E-state index contributed by atoms with van der Waals surface area (Å²) in [5.74, 6) is 1.21. The minimum atomic E-state index is -0.347. The zero-order valence-corrected chi connectivity index (χ0v) is 13.1. The van der Waals surface area contributed by atoms with Gasteiger partial charge >= 0.3 is 6.01 Å². The number of carbonyl (C=O) groups is 1. The predicted octanol–water partition coefficient (Wildman–Crippen LogP) is 1.87. The van der Waals surface area contributed by atoms with Crippen LogP contribution in [0.2, 0.25) is 0 Å². The minimum Gasteiger partial charge on any atom is -0.479 e. The van der Waals surface area contributed by atoms with Crippen LogP contribution in [0, 0.1) is 0 Å². The highest BCUT2D eigenvalue weighted by atomic mass is 16.7. The molecular formula is C16H15N3O5. The largest absolute Gasteiger partial charge is 0.479 e. The van der Waals surface area contributed by atoms with Crippen molar-refractivity contribution in [3.63, 3.8) is 0 Å². The molecule has 2 aromatic rings. The first-order valence-corrected chi connectivity index (χ1v) is 7.03. The Morgan fingerprint density at radius 2 is 2.08 bits per heavy atom. The normalized spacial score (nSPS) is 12.2. The number of fused-ring (bicyclic) bond motifs is 1. The zero-order valence-electron chi connectivity index (χ0n) is 13.1. The number of anilines is 1. The van der Waals surface area contributed by atoms with Crippen molar-refractivity contribution in [2.24, 2.45) is 0 Å². The van der Waals surface area contributed by atoms with Gasteiger partial charge in [-0.15, -0.1) is 0 Å². The third-order valence-corrected chi connectivity index (χ3v) is 3.19. The van der Waals surface area contributed by atoms with Crippen LogP contribution >= 0.6 is 0 Å². The molecule has 24 heavy (non-hydrogen) atoms. The van der Waals surface area contributed by atoms with E-state index in [2.05, 4.69) is 15.3 Å². The first-order valence-electron chi connectivity index (χ1n) is 7.03. The fourth-order valence-electron chi connectivity index (χ4n) is 2.05. The van der Waals surface area contributed by atoms with Gasteiger partial charge in [0.05, 0.1) is 20.4 Å². The molecule has 0 fully saturated rings. The van der Waals surface area contributed by atoms with E-state index in [4.69, 9.17) is 18.9 Å². The number of methoxy groups -OCH3 is 2. The summed E-state index contributed by atoms with van der Waals surface area (Å²) in [7, 11) is 2.89. The van der Waals surface area contributed by atoms with Crippen LogP contribution in [-0.4, -0.2) is 36.9 Å². The Morgan fingerprint density at radius 3 is 2.88 bits per heavy atom. The number of hydrogen-bond acceptors (Lipinski definition) is 7. The number of aromatic nitrogens is 2. The molecular weight excluding hydrogens is 314 g/mol. The molecule has 0 unspecified atom stereocenters. The number of ether oxygens (including phenoxy) is 4. The Balaban J connectivity index is 1.69. The van der Waals surface area contributed by atoms with Gasteiger partial charge in [-0.3, -0.25) is 4.79 Å². The second-order valence-electron chi connectivity index (χ2n) is 4.71. The standard InChI is InChI=1S/C16H15N3O5/c1-21-15-11(8-17-16(19-15)22-2)18-14(20)6-4-10-3-5-12-13(7-10)24-9-23-12/h3-8H,9H2,1-2H3,(H,18,20)/b6-4+. The lowest BCUT2D eigenvalue weighted by atomic mass is 10.2. The van der Waals surface area contributed by atoms with Crippen molar-refractivity contribution in [2.75, 3.05) is 26.3 Å². The Kier molecular flexibility index (Phi) is 4.46. The van der Waals surface area contributed by atoms with E-state index in [1.807, 2.05) is 6.07 Å². The van der Waals surface area contributed by atoms with Crippen LogP contribution in [-0.2, 0) is 4.79 Å². The van der Waals surface area contributed by atoms with Gasteiger partial charge < -0.3 is 24.3 Å². The van der Waals surface area contributed by atoms with Gasteiger partial charge in [-0.2, -0.15) is 4.98 Å². The van der Waals surface area contributed by atoms with Crippen molar-refractivity contribution in [3.8, 4) is 23.4 Å². The third-order valence-electron chi connectivity index (χ3n) is 3.19. The van der Waals surface area contributed by atoms with Crippen molar-refractivity contribution in [2.45, 2.75) is 0 Å². The number of hydrogen-bond donors (Lipinski definition) is 1. The molecule has 1 aliphatic heterocycles. The topological polar surface area (TPSA) is 91.8 Å². The lowest BCUT2D eigenvalue weighted by molar-refractivity contribution is -0.111. The van der Waals surface area contributed by atoms with Crippen LogP contribution in [0.1, 0.15) is 5.56 Å². The summed E-state index contributed by atoms with van der Waals surface area (Å²) in [6, 6.07) is 5.57. The molecule has 1 N–H and O–H groups in total. The smallest absolute Gasteiger partial charge is 0.319 e. The van der Waals surface area contributed by atoms with E-state index in [0.29, 0.717) is 17.2 Å². The van der Waals surface area contributed by atoms with Crippen molar-refractivity contribution < 1.29 is 23.7 Å². The molecule has 0 aliphatic carbocycles. The summed E-state index contributed by atoms with van der Waals surface area (Å²) in [5.41, 5.74) is 1.16. The van der Waals surface area contributed by atoms with Crippen molar-refractivity contribution in [1.82, 2.24) is 9.97 Å². The maximum Gasteiger partial charge on any atom is 0.319 e. The molecule has 0 saturated heterocycles. The molecule has 1 aromatic heterocycles. The third kappa shape index (κ3) is 3.37. The van der Waals surface area contributed by atoms with Crippen LogP contribution in [0.4, 0.5) is 5.69 Å². The molecule has 124 valence electrons. The molecule has 0 radical (unpaired) electrons. The van der Waals surface area contributed by atoms with E-state index in [0.717, 1.165) is 5.56 Å². The Labute approximate surface area is 138 Å². The monoisotopic (exact) mass is 329 g/mol. The molecule has 2 heterocycles. The van der Waals surface area contributed by atoms with Crippen molar-refractivity contribution in [1.29, 1.82) is 0 Å². The molecule has 1 amide bonds. The predicted molar refractivity (Wildman–Crippen MR) is 85.4 cm³/mol. The Bertz CT molecular complexity index is 791. The van der Waals surface area contributed by atoms with E-state index in [-0.39, 0.29) is 24.6 Å². The molecule has 1 aliphatic rings. The molecule has 8 heteroatoms. The highest BCUT2D eigenvalue weighted by Gasteiger charge is 2.13. The van der Waals surface area contributed by atoms with Gasteiger partial charge in [0.25, 0.3) is 0 Å². The number of nitrogens with one attached hydrogen (secondary N) is 1. The number of nitrogens with zero attached hydrogens (tertiary/aromatic N) is 2. The van der Waals surface area contributed by atoms with Gasteiger partial charge in [0.15, 0.2) is 11.5 Å². The van der Waals surface area contributed by atoms with Gasteiger partial charge in [-0.05, 0) is 23.8 Å². The van der Waals surface area contributed by atoms with Crippen LogP contribution < -0.4 is 24.3 Å². The quantitative estimate of drug-likeness (QED) is 0.837. The van der Waals surface area contributed by atoms with E-state index >= 15 is 0 Å². The first kappa shape index (κ1) is 15.6. The van der Waals surface area contributed by atoms with Gasteiger partial charge in [0.1, 0.15) is 5.69 Å². The molecule has 0 atom stereocenters. The summed E-state index contributed by atoms with van der Waals surface area (Å²) in [6.45, 7) is 0.209. The van der Waals surface area contributed by atoms with E-state index < -0.39 is 0 Å². The van der Waals surface area contributed by atoms with Crippen molar-refractivity contribution >= 4 is 17.7 Å². The van der Waals surface area contributed by atoms with Gasteiger partial charge in [-0.1, -0.05) is 6.07 Å². The van der Waals surface area contributed by atoms with E-state index in [1.165, 1.54) is 26.5 Å². The fourth-order valence-corrected chi connectivity index (χ4v) is 2.05. The second kappa shape index (κ2) is 6.86. The summed E-state index contributed by atoms with van der Waals surface area (Å²) in [6.07, 6.45) is 4.46. The van der Waals surface area contributed by atoms with E-state index in [1.54, 1.807) is 18.2 Å². The average Bonchev–Trinajstić information content (AvgIpc) is 3.08. The Hall–Kier alpha value is -3.29. The molecule has 0 saturated carbocycles. The summed E-state index contributed by atoms with van der Waals surface area (Å²) in [5, 5.41) is 2.65. The highest BCUT2D eigenvalue weighted by Crippen LogP contribution is 2.32. The molecule has 0 spiro atoms. The summed E-state index contributed by atoms with van der Waals surface area (Å²) in [4.78, 5) is 20.0. The van der Waals surface area contributed by atoms with Gasteiger partial charge in [0.2, 0.25) is 18.6 Å². The fraction of sp³-hybridized carbons (Fsp3) is 0.188. The highest BCUT2D eigenvalue weighted by molar-refractivity contribution is 6.02. The maximum atomic E-state index is 12.0. The van der Waals surface area contributed by atoms with Crippen LogP contribution in [0.3, 0.4) is 0 Å². The SMILES string of the molecule is COc1ncc(NC(=O)/C=C/c2ccc3c(c2)OCO3)c(OC)n1. The second-order valence-corrected chi connectivity index (χ2v) is 4.71. The summed E-state index contributed by atoms with van der Waals surface area (Å²) < 4.78 is 20.5. The molecule has 8 nitrogen and oxygen atoms in total. The number of carbonyl (C=O) groups excluding carboxylic acids is 1. The van der Waals surface area contributed by atoms with Crippen LogP contribution in [0.5, 0.6) is 23.4 Å². The van der Waals surface area contributed by atoms with Gasteiger partial charge in [-0.25, -0.2) is 4.98 Å². The zero-order chi connectivity index (χ0) is 16.9. The van der Waals surface area contributed by atoms with Crippen molar-refractivity contribution in [3.05, 3.63) is 36.0 Å². The van der Waals surface area contributed by atoms with Gasteiger partial charge in [0, 0.05) is 6.08 Å². The maximum absolute atomic E-state index is 12.0.